The fraction of sp³-hybridized carbons (Fsp3) is 0.381. The number of benzene rings is 2. The zero-order chi connectivity index (χ0) is 18.1. The molecule has 0 aromatic heterocycles. The largest absolute Gasteiger partial charge is 0.508 e. The van der Waals surface area contributed by atoms with Crippen molar-refractivity contribution in [1.82, 2.24) is 10.2 Å². The van der Waals surface area contributed by atoms with E-state index in [1.807, 2.05) is 12.1 Å². The number of phenols is 1. The first kappa shape index (κ1) is 17.0. The molecule has 4 rings (SSSR count). The van der Waals surface area contributed by atoms with Gasteiger partial charge in [-0.2, -0.15) is 0 Å². The van der Waals surface area contributed by atoms with Crippen LogP contribution >= 0.6 is 0 Å². The Kier molecular flexibility index (Phi) is 4.41. The van der Waals surface area contributed by atoms with Gasteiger partial charge in [-0.3, -0.25) is 9.69 Å². The van der Waals surface area contributed by atoms with Crippen molar-refractivity contribution >= 4 is 5.91 Å². The van der Waals surface area contributed by atoms with E-state index in [2.05, 4.69) is 22.3 Å². The number of likely N-dealkylation sites (tertiary alicyclic amines) is 1. The molecule has 136 valence electrons. The second kappa shape index (κ2) is 6.72. The zero-order valence-electron chi connectivity index (χ0n) is 14.7. The number of rotatable bonds is 2. The van der Waals surface area contributed by atoms with Crippen LogP contribution in [0.5, 0.6) is 5.75 Å². The van der Waals surface area contributed by atoms with Gasteiger partial charge in [-0.15, -0.1) is 0 Å². The predicted octanol–water partition coefficient (Wildman–Crippen LogP) is 2.99. The molecule has 2 aliphatic rings. The summed E-state index contributed by atoms with van der Waals surface area (Å²) in [7, 11) is 0. The number of halogens is 1. The van der Waals surface area contributed by atoms with E-state index in [4.69, 9.17) is 0 Å². The highest BCUT2D eigenvalue weighted by molar-refractivity contribution is 5.83. The summed E-state index contributed by atoms with van der Waals surface area (Å²) >= 11 is 0. The third kappa shape index (κ3) is 3.19. The first-order chi connectivity index (χ1) is 12.6. The van der Waals surface area contributed by atoms with Crippen LogP contribution in [0.3, 0.4) is 0 Å². The molecule has 0 bridgehead atoms. The Morgan fingerprint density at radius 2 is 1.85 bits per heavy atom. The average Bonchev–Trinajstić information content (AvgIpc) is 2.78. The molecule has 2 aliphatic heterocycles. The summed E-state index contributed by atoms with van der Waals surface area (Å²) in [5.41, 5.74) is 2.68. The fourth-order valence-corrected chi connectivity index (χ4v) is 4.17. The number of piperidine rings is 1. The van der Waals surface area contributed by atoms with E-state index in [-0.39, 0.29) is 22.9 Å². The van der Waals surface area contributed by atoms with Crippen molar-refractivity contribution in [3.8, 4) is 5.75 Å². The Morgan fingerprint density at radius 1 is 1.12 bits per heavy atom. The van der Waals surface area contributed by atoms with Gasteiger partial charge in [0.1, 0.15) is 11.6 Å². The second-order valence-electron chi connectivity index (χ2n) is 7.46. The minimum absolute atomic E-state index is 0.118. The van der Waals surface area contributed by atoms with Crippen molar-refractivity contribution in [2.75, 3.05) is 13.1 Å². The van der Waals surface area contributed by atoms with E-state index in [9.17, 15) is 14.3 Å². The van der Waals surface area contributed by atoms with Crippen molar-refractivity contribution in [3.63, 3.8) is 0 Å². The van der Waals surface area contributed by atoms with E-state index in [1.54, 1.807) is 0 Å². The molecular weight excluding hydrogens is 331 g/mol. The van der Waals surface area contributed by atoms with Gasteiger partial charge in [0, 0.05) is 18.7 Å². The summed E-state index contributed by atoms with van der Waals surface area (Å²) in [5.74, 6) is -0.0826. The smallest absolute Gasteiger partial charge is 0.226 e. The van der Waals surface area contributed by atoms with Crippen LogP contribution in [0.2, 0.25) is 0 Å². The van der Waals surface area contributed by atoms with Crippen LogP contribution < -0.4 is 5.32 Å². The van der Waals surface area contributed by atoms with Crippen LogP contribution in [0, 0.1) is 11.2 Å². The maximum absolute atomic E-state index is 13.4. The number of nitrogens with zero attached hydrogens (tertiary/aromatic N) is 1. The van der Waals surface area contributed by atoms with Crippen LogP contribution in [0.25, 0.3) is 0 Å². The van der Waals surface area contributed by atoms with Gasteiger partial charge in [-0.05, 0) is 61.7 Å². The molecule has 2 heterocycles. The molecule has 0 saturated carbocycles. The quantitative estimate of drug-likeness (QED) is 0.872. The van der Waals surface area contributed by atoms with Gasteiger partial charge in [0.2, 0.25) is 5.91 Å². The molecule has 2 aromatic rings. The maximum atomic E-state index is 13.4. The minimum atomic E-state index is -0.368. The lowest BCUT2D eigenvalue weighted by atomic mass is 9.73. The first-order valence-electron chi connectivity index (χ1n) is 9.11. The molecule has 1 saturated heterocycles. The van der Waals surface area contributed by atoms with Gasteiger partial charge in [0.05, 0.1) is 5.41 Å². The molecule has 0 atom stereocenters. The van der Waals surface area contributed by atoms with Crippen LogP contribution in [0.4, 0.5) is 4.39 Å². The van der Waals surface area contributed by atoms with Gasteiger partial charge in [0.25, 0.3) is 0 Å². The van der Waals surface area contributed by atoms with Gasteiger partial charge >= 0.3 is 0 Å². The molecular formula is C21H23FN2O2. The minimum Gasteiger partial charge on any atom is -0.508 e. The van der Waals surface area contributed by atoms with Crippen molar-refractivity contribution in [1.29, 1.82) is 0 Å². The molecule has 0 aliphatic carbocycles. The Labute approximate surface area is 152 Å². The van der Waals surface area contributed by atoms with Crippen LogP contribution in [0.15, 0.2) is 42.5 Å². The Balaban J connectivity index is 1.48. The van der Waals surface area contributed by atoms with Crippen LogP contribution in [0.1, 0.15) is 29.5 Å². The average molecular weight is 354 g/mol. The summed E-state index contributed by atoms with van der Waals surface area (Å²) in [6.45, 7) is 2.60. The molecule has 0 radical (unpaired) electrons. The van der Waals surface area contributed by atoms with E-state index in [0.29, 0.717) is 18.7 Å². The number of amides is 1. The highest BCUT2D eigenvalue weighted by atomic mass is 19.1. The highest BCUT2D eigenvalue weighted by Crippen LogP contribution is 2.38. The molecule has 0 unspecified atom stereocenters. The number of carbonyl (C=O) groups excluding carboxylic acids is 1. The number of aromatic hydroxyl groups is 1. The lowest BCUT2D eigenvalue weighted by molar-refractivity contribution is -0.133. The van der Waals surface area contributed by atoms with Crippen molar-refractivity contribution in [3.05, 3.63) is 65.0 Å². The summed E-state index contributed by atoms with van der Waals surface area (Å²) in [6, 6.07) is 12.3. The summed E-state index contributed by atoms with van der Waals surface area (Å²) in [4.78, 5) is 15.0. The van der Waals surface area contributed by atoms with Crippen LogP contribution in [-0.4, -0.2) is 29.0 Å². The first-order valence-corrected chi connectivity index (χ1v) is 9.11. The van der Waals surface area contributed by atoms with Crippen molar-refractivity contribution < 1.29 is 14.3 Å². The van der Waals surface area contributed by atoms with E-state index < -0.39 is 0 Å². The Bertz CT molecular complexity index is 829. The van der Waals surface area contributed by atoms with Crippen molar-refractivity contribution in [2.45, 2.75) is 32.4 Å². The third-order valence-electron chi connectivity index (χ3n) is 5.82. The number of carbonyl (C=O) groups is 1. The number of hydrogen-bond donors (Lipinski definition) is 2. The number of fused-ring (bicyclic) bond motifs is 1. The maximum Gasteiger partial charge on any atom is 0.226 e. The van der Waals surface area contributed by atoms with Gasteiger partial charge in [-0.25, -0.2) is 4.39 Å². The van der Waals surface area contributed by atoms with E-state index >= 15 is 0 Å². The summed E-state index contributed by atoms with van der Waals surface area (Å²) in [6.07, 6.45) is 2.31. The van der Waals surface area contributed by atoms with Gasteiger partial charge < -0.3 is 10.4 Å². The SMILES string of the molecule is O=C1NCc2ccccc2CC12CCN(Cc1cc(F)ccc1O)CC2. The lowest BCUT2D eigenvalue weighted by Gasteiger charge is -2.40. The molecule has 4 nitrogen and oxygen atoms in total. The number of nitrogens with one attached hydrogen (secondary N) is 1. The molecule has 2 N–H and O–H groups in total. The fourth-order valence-electron chi connectivity index (χ4n) is 4.17. The normalized spacial score (nSPS) is 19.7. The van der Waals surface area contributed by atoms with Gasteiger partial charge in [-0.1, -0.05) is 24.3 Å². The Hall–Kier alpha value is -2.40. The standard InChI is InChI=1S/C21H23FN2O2/c22-18-5-6-19(25)17(11-18)14-24-9-7-21(8-10-24)12-15-3-1-2-4-16(15)13-23-20(21)26/h1-6,11,25H,7-10,12-14H2,(H,23,26). The molecule has 26 heavy (non-hydrogen) atoms. The predicted molar refractivity (Wildman–Crippen MR) is 97.0 cm³/mol. The molecule has 2 aromatic carbocycles. The third-order valence-corrected chi connectivity index (χ3v) is 5.82. The topological polar surface area (TPSA) is 52.6 Å². The molecule has 5 heteroatoms. The van der Waals surface area contributed by atoms with E-state index in [1.165, 1.54) is 29.3 Å². The molecule has 1 spiro atoms. The van der Waals surface area contributed by atoms with Crippen LogP contribution in [-0.2, 0) is 24.3 Å². The number of hydrogen-bond acceptors (Lipinski definition) is 3. The Morgan fingerprint density at radius 3 is 2.62 bits per heavy atom. The lowest BCUT2D eigenvalue weighted by Crippen LogP contribution is -2.48. The zero-order valence-corrected chi connectivity index (χ0v) is 14.7. The van der Waals surface area contributed by atoms with Crippen molar-refractivity contribution in [2.24, 2.45) is 5.41 Å². The molecule has 1 amide bonds. The summed E-state index contributed by atoms with van der Waals surface area (Å²) in [5, 5.41) is 13.0. The molecule has 1 fully saturated rings. The summed E-state index contributed by atoms with van der Waals surface area (Å²) < 4.78 is 13.4. The second-order valence-corrected chi connectivity index (χ2v) is 7.46. The van der Waals surface area contributed by atoms with Gasteiger partial charge in [0.15, 0.2) is 0 Å². The number of phenolic OH excluding ortho intramolecular Hbond substituents is 1. The highest BCUT2D eigenvalue weighted by Gasteiger charge is 2.42. The monoisotopic (exact) mass is 354 g/mol. The van der Waals surface area contributed by atoms with E-state index in [0.717, 1.165) is 32.4 Å².